The van der Waals surface area contributed by atoms with Gasteiger partial charge in [0.25, 0.3) is 0 Å². The summed E-state index contributed by atoms with van der Waals surface area (Å²) in [5.74, 6) is 0. The minimum atomic E-state index is -1.09. The summed E-state index contributed by atoms with van der Waals surface area (Å²) in [6.07, 6.45) is 0. The molecular weight excluding hydrogens is 216 g/mol. The fourth-order valence-electron chi connectivity index (χ4n) is 0.375. The van der Waals surface area contributed by atoms with Gasteiger partial charge in [0.15, 0.2) is 0 Å². The van der Waals surface area contributed by atoms with Gasteiger partial charge >= 0.3 is 0 Å². The molecule has 0 aliphatic rings. The number of hydrogen-bond acceptors (Lipinski definition) is 0. The molecule has 0 rings (SSSR count). The van der Waals surface area contributed by atoms with Crippen LogP contribution in [0.3, 0.4) is 0 Å². The van der Waals surface area contributed by atoms with E-state index in [1.807, 2.05) is 0 Å². The maximum Gasteiger partial charge on any atom is 0.128 e. The topological polar surface area (TPSA) is 0 Å². The molecule has 69 valence electrons. The summed E-state index contributed by atoms with van der Waals surface area (Å²) in [6.45, 7) is 13.8. The number of hydrogen-bond donors (Lipinski definition) is 0. The molecule has 0 unspecified atom stereocenters. The zero-order chi connectivity index (χ0) is 8.41. The SMILES string of the molecule is C[Si](C)(C)C#C[Si](C)(C)C.[Cu]. The van der Waals surface area contributed by atoms with E-state index < -0.39 is 16.1 Å². The third kappa shape index (κ3) is 13.5. The van der Waals surface area contributed by atoms with E-state index in [1.165, 1.54) is 0 Å². The summed E-state index contributed by atoms with van der Waals surface area (Å²) >= 11 is 0. The van der Waals surface area contributed by atoms with Crippen LogP contribution >= 0.6 is 0 Å². The van der Waals surface area contributed by atoms with E-state index in [9.17, 15) is 0 Å². The normalized spacial score (nSPS) is 11.1. The monoisotopic (exact) mass is 233 g/mol. The average Bonchev–Trinajstić information content (AvgIpc) is 1.57. The van der Waals surface area contributed by atoms with Crippen LogP contribution in [-0.4, -0.2) is 16.1 Å². The molecule has 0 aromatic carbocycles. The van der Waals surface area contributed by atoms with E-state index in [2.05, 4.69) is 50.4 Å². The first-order valence-electron chi connectivity index (χ1n) is 3.75. The molecule has 0 heterocycles. The zero-order valence-electron chi connectivity index (χ0n) is 8.30. The predicted octanol–water partition coefficient (Wildman–Crippen LogP) is 2.74. The van der Waals surface area contributed by atoms with E-state index in [0.717, 1.165) is 0 Å². The first-order valence-corrected chi connectivity index (χ1v) is 10.8. The molecule has 0 fully saturated rings. The van der Waals surface area contributed by atoms with Gasteiger partial charge in [-0.2, -0.15) is 0 Å². The maximum atomic E-state index is 3.41. The van der Waals surface area contributed by atoms with Crippen molar-refractivity contribution in [2.24, 2.45) is 0 Å². The fourth-order valence-corrected chi connectivity index (χ4v) is 3.38. The Balaban J connectivity index is 0. The summed E-state index contributed by atoms with van der Waals surface area (Å²) in [4.78, 5) is 0. The molecule has 11 heavy (non-hydrogen) atoms. The molecule has 0 aliphatic carbocycles. The largest absolute Gasteiger partial charge is 0.139 e. The Morgan fingerprint density at radius 1 is 0.636 bits per heavy atom. The van der Waals surface area contributed by atoms with Crippen LogP contribution in [0.4, 0.5) is 0 Å². The molecule has 0 aliphatic heterocycles. The van der Waals surface area contributed by atoms with Crippen molar-refractivity contribution in [1.82, 2.24) is 0 Å². The van der Waals surface area contributed by atoms with Gasteiger partial charge in [-0.15, -0.1) is 11.1 Å². The molecule has 0 atom stereocenters. The van der Waals surface area contributed by atoms with Crippen molar-refractivity contribution >= 4 is 16.1 Å². The summed E-state index contributed by atoms with van der Waals surface area (Å²) in [5.41, 5.74) is 6.82. The maximum absolute atomic E-state index is 3.41. The van der Waals surface area contributed by atoms with Crippen LogP contribution in [0.1, 0.15) is 0 Å². The Labute approximate surface area is 83.7 Å². The van der Waals surface area contributed by atoms with Crippen LogP contribution in [0.2, 0.25) is 39.3 Å². The molecule has 0 saturated heterocycles. The Morgan fingerprint density at radius 2 is 0.818 bits per heavy atom. The zero-order valence-corrected chi connectivity index (χ0v) is 11.2. The summed E-state index contributed by atoms with van der Waals surface area (Å²) in [6, 6.07) is 0. The van der Waals surface area contributed by atoms with Crippen molar-refractivity contribution in [2.45, 2.75) is 39.3 Å². The molecular formula is C8H18CuSi2. The van der Waals surface area contributed by atoms with Crippen molar-refractivity contribution in [3.63, 3.8) is 0 Å². The molecule has 3 heteroatoms. The van der Waals surface area contributed by atoms with Gasteiger partial charge in [-0.3, -0.25) is 0 Å². The van der Waals surface area contributed by atoms with Gasteiger partial charge in [0.05, 0.1) is 0 Å². The van der Waals surface area contributed by atoms with Crippen molar-refractivity contribution < 1.29 is 17.1 Å². The quantitative estimate of drug-likeness (QED) is 0.446. The summed E-state index contributed by atoms with van der Waals surface area (Å²) in [7, 11) is -2.19. The van der Waals surface area contributed by atoms with Gasteiger partial charge in [0, 0.05) is 17.1 Å². The van der Waals surface area contributed by atoms with Gasteiger partial charge in [-0.1, -0.05) is 39.3 Å². The molecule has 0 aromatic rings. The average molecular weight is 234 g/mol. The van der Waals surface area contributed by atoms with Crippen LogP contribution < -0.4 is 0 Å². The molecule has 0 N–H and O–H groups in total. The van der Waals surface area contributed by atoms with Gasteiger partial charge in [-0.25, -0.2) is 0 Å². The predicted molar refractivity (Wildman–Crippen MR) is 54.5 cm³/mol. The van der Waals surface area contributed by atoms with Crippen LogP contribution in [0.15, 0.2) is 0 Å². The Kier molecular flexibility index (Phi) is 5.77. The van der Waals surface area contributed by atoms with Crippen LogP contribution in [0.5, 0.6) is 0 Å². The van der Waals surface area contributed by atoms with E-state index in [-0.39, 0.29) is 17.1 Å². The Bertz CT molecular complexity index is 145. The van der Waals surface area contributed by atoms with E-state index in [4.69, 9.17) is 0 Å². The molecule has 0 spiro atoms. The number of rotatable bonds is 0. The van der Waals surface area contributed by atoms with Crippen LogP contribution in [0, 0.1) is 11.1 Å². The third-order valence-electron chi connectivity index (χ3n) is 0.812. The van der Waals surface area contributed by atoms with E-state index >= 15 is 0 Å². The molecule has 1 radical (unpaired) electrons. The second kappa shape index (κ2) is 4.52. The first-order chi connectivity index (χ1) is 4.21. The molecule has 0 bridgehead atoms. The standard InChI is InChI=1S/C8H18Si2.Cu/c1-9(2,3)7-8-10(4,5)6;/h1-6H3;. The van der Waals surface area contributed by atoms with Gasteiger partial charge in [0.2, 0.25) is 0 Å². The van der Waals surface area contributed by atoms with Crippen molar-refractivity contribution in [3.05, 3.63) is 0 Å². The second-order valence-corrected chi connectivity index (χ2v) is 14.2. The molecule has 0 saturated carbocycles. The van der Waals surface area contributed by atoms with Gasteiger partial charge in [-0.05, 0) is 0 Å². The summed E-state index contributed by atoms with van der Waals surface area (Å²) < 4.78 is 0. The molecule has 0 nitrogen and oxygen atoms in total. The van der Waals surface area contributed by atoms with E-state index in [1.54, 1.807) is 0 Å². The summed E-state index contributed by atoms with van der Waals surface area (Å²) in [5, 5.41) is 0. The third-order valence-corrected chi connectivity index (χ3v) is 2.81. The smallest absolute Gasteiger partial charge is 0.128 e. The minimum absolute atomic E-state index is 0. The van der Waals surface area contributed by atoms with Crippen LogP contribution in [0.25, 0.3) is 0 Å². The second-order valence-electron chi connectivity index (χ2n) is 4.75. The minimum Gasteiger partial charge on any atom is -0.139 e. The van der Waals surface area contributed by atoms with Crippen LogP contribution in [-0.2, 0) is 17.1 Å². The molecule has 0 amide bonds. The van der Waals surface area contributed by atoms with Gasteiger partial charge in [0.1, 0.15) is 16.1 Å². The molecule has 0 aromatic heterocycles. The fraction of sp³-hybridized carbons (Fsp3) is 0.750. The van der Waals surface area contributed by atoms with Crippen molar-refractivity contribution in [1.29, 1.82) is 0 Å². The van der Waals surface area contributed by atoms with Gasteiger partial charge < -0.3 is 0 Å². The van der Waals surface area contributed by atoms with Crippen molar-refractivity contribution in [3.8, 4) is 11.1 Å². The first kappa shape index (κ1) is 14.1. The van der Waals surface area contributed by atoms with Crippen molar-refractivity contribution in [2.75, 3.05) is 0 Å². The Morgan fingerprint density at radius 3 is 0.909 bits per heavy atom. The van der Waals surface area contributed by atoms with E-state index in [0.29, 0.717) is 0 Å². The Hall–Kier alpha value is 0.513.